The van der Waals surface area contributed by atoms with E-state index in [1.165, 1.54) is 24.3 Å². The van der Waals surface area contributed by atoms with E-state index in [2.05, 4.69) is 10.6 Å². The van der Waals surface area contributed by atoms with Crippen LogP contribution in [0.3, 0.4) is 0 Å². The Morgan fingerprint density at radius 3 is 2.41 bits per heavy atom. The molecule has 3 rings (SSSR count). The molecule has 9 heteroatoms. The molecule has 0 radical (unpaired) electrons. The fourth-order valence-electron chi connectivity index (χ4n) is 3.38. The maximum Gasteiger partial charge on any atom is 0.269 e. The largest absolute Gasteiger partial charge is 0.490 e. The van der Waals surface area contributed by atoms with Gasteiger partial charge in [-0.2, -0.15) is 0 Å². The van der Waals surface area contributed by atoms with Crippen molar-refractivity contribution in [3.05, 3.63) is 63.7 Å². The molecule has 1 aliphatic heterocycles. The second-order valence-corrected chi connectivity index (χ2v) is 7.86. The maximum atomic E-state index is 12.5. The average molecular weight is 441 g/mol. The number of non-ortho nitro benzene ring substituents is 1. The summed E-state index contributed by atoms with van der Waals surface area (Å²) in [6, 6.07) is 10.8. The predicted molar refractivity (Wildman–Crippen MR) is 118 cm³/mol. The summed E-state index contributed by atoms with van der Waals surface area (Å²) in [5, 5.41) is 16.4. The minimum atomic E-state index is -0.527. The van der Waals surface area contributed by atoms with E-state index in [4.69, 9.17) is 9.47 Å². The van der Waals surface area contributed by atoms with Crippen LogP contribution in [0, 0.1) is 16.0 Å². The van der Waals surface area contributed by atoms with Gasteiger partial charge in [-0.05, 0) is 35.7 Å². The van der Waals surface area contributed by atoms with E-state index in [-0.39, 0.29) is 36.5 Å². The zero-order valence-electron chi connectivity index (χ0n) is 18.1. The number of carbonyl (C=O) groups is 2. The molecule has 1 unspecified atom stereocenters. The first-order valence-electron chi connectivity index (χ1n) is 10.6. The Balaban J connectivity index is 1.54. The molecule has 0 saturated carbocycles. The lowest BCUT2D eigenvalue weighted by molar-refractivity contribution is -0.384. The molecule has 2 N–H and O–H groups in total. The number of nitro groups is 1. The van der Waals surface area contributed by atoms with Gasteiger partial charge in [0, 0.05) is 37.1 Å². The van der Waals surface area contributed by atoms with Gasteiger partial charge in [-0.3, -0.25) is 19.7 Å². The van der Waals surface area contributed by atoms with Crippen LogP contribution in [0.1, 0.15) is 48.7 Å². The SMILES string of the molecule is CC(C)C(NC(=O)CCNC(=O)c1ccc([N+](=O)[O-])cc1)c1ccc2c(c1)OCCCO2. The monoisotopic (exact) mass is 441 g/mol. The summed E-state index contributed by atoms with van der Waals surface area (Å²) in [5.41, 5.74) is 1.13. The van der Waals surface area contributed by atoms with Gasteiger partial charge in [0.1, 0.15) is 0 Å². The zero-order chi connectivity index (χ0) is 23.1. The van der Waals surface area contributed by atoms with E-state index in [9.17, 15) is 19.7 Å². The lowest BCUT2D eigenvalue weighted by Crippen LogP contribution is -2.34. The number of nitrogens with one attached hydrogen (secondary N) is 2. The van der Waals surface area contributed by atoms with Crippen LogP contribution >= 0.6 is 0 Å². The lowest BCUT2D eigenvalue weighted by Gasteiger charge is -2.24. The van der Waals surface area contributed by atoms with E-state index in [0.717, 1.165) is 12.0 Å². The number of hydrogen-bond donors (Lipinski definition) is 2. The molecule has 0 aromatic heterocycles. The quantitative estimate of drug-likeness (QED) is 0.479. The average Bonchev–Trinajstić information content (AvgIpc) is 3.02. The van der Waals surface area contributed by atoms with Crippen molar-refractivity contribution in [1.82, 2.24) is 10.6 Å². The van der Waals surface area contributed by atoms with Crippen LogP contribution < -0.4 is 20.1 Å². The molecule has 2 aromatic carbocycles. The van der Waals surface area contributed by atoms with Gasteiger partial charge in [0.2, 0.25) is 5.91 Å². The first-order valence-corrected chi connectivity index (χ1v) is 10.6. The van der Waals surface area contributed by atoms with Gasteiger partial charge >= 0.3 is 0 Å². The van der Waals surface area contributed by atoms with E-state index < -0.39 is 10.8 Å². The van der Waals surface area contributed by atoms with E-state index in [1.54, 1.807) is 0 Å². The van der Waals surface area contributed by atoms with Crippen molar-refractivity contribution in [1.29, 1.82) is 0 Å². The number of ether oxygens (including phenoxy) is 2. The van der Waals surface area contributed by atoms with Gasteiger partial charge in [-0.1, -0.05) is 19.9 Å². The summed E-state index contributed by atoms with van der Waals surface area (Å²) in [6.07, 6.45) is 0.923. The summed E-state index contributed by atoms with van der Waals surface area (Å²) in [7, 11) is 0. The molecular weight excluding hydrogens is 414 g/mol. The highest BCUT2D eigenvalue weighted by Gasteiger charge is 2.21. The summed E-state index contributed by atoms with van der Waals surface area (Å²) in [4.78, 5) is 34.9. The first kappa shape index (κ1) is 23.1. The third kappa shape index (κ3) is 5.96. The number of nitro benzene ring substituents is 1. The van der Waals surface area contributed by atoms with E-state index in [0.29, 0.717) is 30.3 Å². The molecule has 2 aromatic rings. The number of rotatable bonds is 8. The summed E-state index contributed by atoms with van der Waals surface area (Å²) in [5.74, 6) is 0.929. The molecule has 9 nitrogen and oxygen atoms in total. The number of fused-ring (bicyclic) bond motifs is 1. The smallest absolute Gasteiger partial charge is 0.269 e. The van der Waals surface area contributed by atoms with Gasteiger partial charge in [-0.15, -0.1) is 0 Å². The highest BCUT2D eigenvalue weighted by Crippen LogP contribution is 2.34. The third-order valence-corrected chi connectivity index (χ3v) is 5.09. The van der Waals surface area contributed by atoms with Crippen molar-refractivity contribution in [3.8, 4) is 11.5 Å². The van der Waals surface area contributed by atoms with E-state index >= 15 is 0 Å². The standard InChI is InChI=1S/C23H27N3O6/c1-15(2)22(17-6-9-19-20(14-17)32-13-3-12-31-19)25-21(27)10-11-24-23(28)16-4-7-18(8-5-16)26(29)30/h4-9,14-15,22H,3,10-13H2,1-2H3,(H,24,28)(H,25,27). The summed E-state index contributed by atoms with van der Waals surface area (Å²) in [6.45, 7) is 5.38. The van der Waals surface area contributed by atoms with Gasteiger partial charge in [0.25, 0.3) is 11.6 Å². The molecule has 0 fully saturated rings. The molecular formula is C23H27N3O6. The van der Waals surface area contributed by atoms with Crippen LogP contribution in [0.2, 0.25) is 0 Å². The highest BCUT2D eigenvalue weighted by atomic mass is 16.6. The minimum Gasteiger partial charge on any atom is -0.490 e. The lowest BCUT2D eigenvalue weighted by atomic mass is 9.95. The molecule has 2 amide bonds. The number of nitrogens with zero attached hydrogens (tertiary/aromatic N) is 1. The van der Waals surface area contributed by atoms with Crippen LogP contribution in [-0.2, 0) is 4.79 Å². The molecule has 0 aliphatic carbocycles. The van der Waals surface area contributed by atoms with E-state index in [1.807, 2.05) is 32.0 Å². The van der Waals surface area contributed by atoms with Crippen LogP contribution in [0.25, 0.3) is 0 Å². The molecule has 0 saturated heterocycles. The third-order valence-electron chi connectivity index (χ3n) is 5.09. The Hall–Kier alpha value is -3.62. The van der Waals surface area contributed by atoms with Crippen LogP contribution in [0.5, 0.6) is 11.5 Å². The Labute approximate surface area is 186 Å². The topological polar surface area (TPSA) is 120 Å². The van der Waals surface area contributed by atoms with Crippen LogP contribution in [-0.4, -0.2) is 36.5 Å². The van der Waals surface area contributed by atoms with Gasteiger partial charge in [0.05, 0.1) is 24.2 Å². The van der Waals surface area contributed by atoms with Crippen molar-refractivity contribution in [3.63, 3.8) is 0 Å². The minimum absolute atomic E-state index is 0.0876. The highest BCUT2D eigenvalue weighted by molar-refractivity contribution is 5.94. The van der Waals surface area contributed by atoms with Crippen LogP contribution in [0.4, 0.5) is 5.69 Å². The zero-order valence-corrected chi connectivity index (χ0v) is 18.1. The Kier molecular flexibility index (Phi) is 7.64. The Morgan fingerprint density at radius 2 is 1.75 bits per heavy atom. The van der Waals surface area contributed by atoms with Gasteiger partial charge in [-0.25, -0.2) is 0 Å². The number of amides is 2. The summed E-state index contributed by atoms with van der Waals surface area (Å²) < 4.78 is 11.4. The Bertz CT molecular complexity index is 974. The normalized spacial score (nSPS) is 13.7. The molecule has 170 valence electrons. The molecule has 1 aliphatic rings. The maximum absolute atomic E-state index is 12.5. The number of hydrogen-bond acceptors (Lipinski definition) is 6. The molecule has 0 spiro atoms. The first-order chi connectivity index (χ1) is 15.3. The second-order valence-electron chi connectivity index (χ2n) is 7.86. The second kappa shape index (κ2) is 10.6. The molecule has 1 atom stereocenters. The van der Waals surface area contributed by atoms with Gasteiger partial charge in [0.15, 0.2) is 11.5 Å². The van der Waals surface area contributed by atoms with Gasteiger partial charge < -0.3 is 20.1 Å². The van der Waals surface area contributed by atoms with Crippen molar-refractivity contribution in [2.45, 2.75) is 32.7 Å². The number of carbonyl (C=O) groups excluding carboxylic acids is 2. The Morgan fingerprint density at radius 1 is 1.06 bits per heavy atom. The van der Waals surface area contributed by atoms with Crippen LogP contribution in [0.15, 0.2) is 42.5 Å². The predicted octanol–water partition coefficient (Wildman–Crippen LogP) is 3.39. The molecule has 1 heterocycles. The molecule has 32 heavy (non-hydrogen) atoms. The van der Waals surface area contributed by atoms with Crippen molar-refractivity contribution in [2.75, 3.05) is 19.8 Å². The van der Waals surface area contributed by atoms with Crippen molar-refractivity contribution < 1.29 is 24.0 Å². The molecule has 0 bridgehead atoms. The fraction of sp³-hybridized carbons (Fsp3) is 0.391. The van der Waals surface area contributed by atoms with Crippen molar-refractivity contribution in [2.24, 2.45) is 5.92 Å². The number of benzene rings is 2. The fourth-order valence-corrected chi connectivity index (χ4v) is 3.38. The van der Waals surface area contributed by atoms with Crippen molar-refractivity contribution >= 4 is 17.5 Å². The summed E-state index contributed by atoms with van der Waals surface area (Å²) >= 11 is 0.